The maximum absolute atomic E-state index is 12.5. The zero-order valence-corrected chi connectivity index (χ0v) is 19.6. The molecule has 162 valence electrons. The van der Waals surface area contributed by atoms with Crippen LogP contribution in [0.25, 0.3) is 0 Å². The summed E-state index contributed by atoms with van der Waals surface area (Å²) in [6.45, 7) is 1.79. The molecule has 0 aliphatic heterocycles. The molecular formula is C20H18Cl3N5O2S. The van der Waals surface area contributed by atoms with Crippen LogP contribution in [-0.2, 0) is 11.8 Å². The molecule has 2 aromatic carbocycles. The molecule has 0 spiro atoms. The van der Waals surface area contributed by atoms with Gasteiger partial charge in [0.2, 0.25) is 5.91 Å². The third-order valence-electron chi connectivity index (χ3n) is 4.26. The summed E-state index contributed by atoms with van der Waals surface area (Å²) in [7, 11) is 1.77. The van der Waals surface area contributed by atoms with Gasteiger partial charge in [-0.25, -0.2) is 0 Å². The van der Waals surface area contributed by atoms with Gasteiger partial charge >= 0.3 is 0 Å². The van der Waals surface area contributed by atoms with Gasteiger partial charge in [0.1, 0.15) is 0 Å². The number of benzene rings is 2. The van der Waals surface area contributed by atoms with E-state index in [-0.39, 0.29) is 17.6 Å². The largest absolute Gasteiger partial charge is 0.342 e. The van der Waals surface area contributed by atoms with E-state index in [0.717, 1.165) is 0 Å². The van der Waals surface area contributed by atoms with Crippen LogP contribution in [0.15, 0.2) is 47.6 Å². The van der Waals surface area contributed by atoms with E-state index in [1.165, 1.54) is 11.8 Å². The number of thioether (sulfide) groups is 1. The molecule has 1 heterocycles. The van der Waals surface area contributed by atoms with Crippen molar-refractivity contribution in [3.63, 3.8) is 0 Å². The zero-order valence-electron chi connectivity index (χ0n) is 16.5. The van der Waals surface area contributed by atoms with E-state index in [1.807, 2.05) is 0 Å². The van der Waals surface area contributed by atoms with Crippen LogP contribution in [0.5, 0.6) is 0 Å². The topological polar surface area (TPSA) is 88.9 Å². The highest BCUT2D eigenvalue weighted by atomic mass is 35.5. The van der Waals surface area contributed by atoms with Crippen molar-refractivity contribution in [2.24, 2.45) is 7.05 Å². The molecule has 0 aliphatic rings. The second-order valence-electron chi connectivity index (χ2n) is 6.54. The Balaban J connectivity index is 1.60. The summed E-state index contributed by atoms with van der Waals surface area (Å²) in [5.74, 6) is 0.0582. The monoisotopic (exact) mass is 497 g/mol. The number of rotatable bonds is 7. The Morgan fingerprint density at radius 2 is 1.84 bits per heavy atom. The number of amides is 2. The molecule has 0 bridgehead atoms. The van der Waals surface area contributed by atoms with Crippen LogP contribution < -0.4 is 10.6 Å². The molecule has 2 N–H and O–H groups in total. The van der Waals surface area contributed by atoms with Gasteiger partial charge < -0.3 is 15.2 Å². The Morgan fingerprint density at radius 3 is 2.58 bits per heavy atom. The van der Waals surface area contributed by atoms with Crippen molar-refractivity contribution in [1.29, 1.82) is 0 Å². The predicted molar refractivity (Wildman–Crippen MR) is 124 cm³/mol. The molecule has 1 aromatic heterocycles. The van der Waals surface area contributed by atoms with Gasteiger partial charge in [0.05, 0.1) is 33.1 Å². The van der Waals surface area contributed by atoms with E-state index in [1.54, 1.807) is 61.0 Å². The minimum absolute atomic E-state index is 0.0924. The highest BCUT2D eigenvalue weighted by molar-refractivity contribution is 7.99. The lowest BCUT2D eigenvalue weighted by atomic mass is 10.2. The predicted octanol–water partition coefficient (Wildman–Crippen LogP) is 5.00. The highest BCUT2D eigenvalue weighted by Gasteiger charge is 2.20. The fraction of sp³-hybridized carbons (Fsp3) is 0.200. The molecule has 0 saturated heterocycles. The zero-order chi connectivity index (χ0) is 22.5. The first-order chi connectivity index (χ1) is 14.8. The van der Waals surface area contributed by atoms with Crippen molar-refractivity contribution >= 4 is 64.1 Å². The maximum Gasteiger partial charge on any atom is 0.253 e. The van der Waals surface area contributed by atoms with Crippen LogP contribution in [0.3, 0.4) is 0 Å². The molecule has 11 heteroatoms. The second-order valence-corrected chi connectivity index (χ2v) is 8.73. The van der Waals surface area contributed by atoms with Gasteiger partial charge in [-0.2, -0.15) is 0 Å². The van der Waals surface area contributed by atoms with Crippen LogP contribution in [0.2, 0.25) is 15.1 Å². The second kappa shape index (κ2) is 10.4. The van der Waals surface area contributed by atoms with Crippen molar-refractivity contribution in [1.82, 2.24) is 20.1 Å². The first kappa shape index (κ1) is 23.4. The lowest BCUT2D eigenvalue weighted by molar-refractivity contribution is -0.113. The Bertz CT molecular complexity index is 1120. The van der Waals surface area contributed by atoms with Crippen LogP contribution in [0.1, 0.15) is 29.1 Å². The van der Waals surface area contributed by atoms with Gasteiger partial charge in [0.15, 0.2) is 11.0 Å². The molecule has 0 saturated carbocycles. The van der Waals surface area contributed by atoms with E-state index in [2.05, 4.69) is 20.8 Å². The van der Waals surface area contributed by atoms with Crippen molar-refractivity contribution < 1.29 is 9.59 Å². The number of aromatic nitrogens is 3. The van der Waals surface area contributed by atoms with Gasteiger partial charge in [-0.1, -0.05) is 58.7 Å². The maximum atomic E-state index is 12.5. The molecule has 0 unspecified atom stereocenters. The number of carbonyl (C=O) groups excluding carboxylic acids is 2. The summed E-state index contributed by atoms with van der Waals surface area (Å²) < 4.78 is 1.72. The van der Waals surface area contributed by atoms with Crippen molar-refractivity contribution in [3.05, 3.63) is 68.9 Å². The van der Waals surface area contributed by atoms with Crippen LogP contribution in [0, 0.1) is 0 Å². The Kier molecular flexibility index (Phi) is 7.83. The minimum atomic E-state index is -0.422. The highest BCUT2D eigenvalue weighted by Crippen LogP contribution is 2.26. The van der Waals surface area contributed by atoms with Crippen LogP contribution in [-0.4, -0.2) is 32.3 Å². The van der Waals surface area contributed by atoms with E-state index in [0.29, 0.717) is 37.3 Å². The Hall–Kier alpha value is -2.26. The Morgan fingerprint density at radius 1 is 1.10 bits per heavy atom. The molecule has 7 nitrogen and oxygen atoms in total. The van der Waals surface area contributed by atoms with Crippen LogP contribution in [0.4, 0.5) is 5.69 Å². The summed E-state index contributed by atoms with van der Waals surface area (Å²) in [6.07, 6.45) is 0. The van der Waals surface area contributed by atoms with E-state index in [4.69, 9.17) is 34.8 Å². The third kappa shape index (κ3) is 5.92. The van der Waals surface area contributed by atoms with Crippen LogP contribution >= 0.6 is 46.6 Å². The number of hydrogen-bond acceptors (Lipinski definition) is 5. The molecule has 2 amide bonds. The van der Waals surface area contributed by atoms with Crippen molar-refractivity contribution in [2.45, 2.75) is 18.1 Å². The van der Waals surface area contributed by atoms with Gasteiger partial charge in [-0.3, -0.25) is 9.59 Å². The molecule has 1 atom stereocenters. The summed E-state index contributed by atoms with van der Waals surface area (Å²) in [5, 5.41) is 15.6. The van der Waals surface area contributed by atoms with Crippen molar-refractivity contribution in [3.8, 4) is 0 Å². The number of nitrogens with one attached hydrogen (secondary N) is 2. The fourth-order valence-electron chi connectivity index (χ4n) is 2.72. The smallest absolute Gasteiger partial charge is 0.253 e. The standard InChI is InChI=1S/C20H18Cl3N5O2S/c1-11(24-19(30)13-5-3-4-6-14(13)22)18-26-27-20(28(18)2)31-10-17(29)25-16-9-12(21)7-8-15(16)23/h3-9,11H,10H2,1-2H3,(H,24,30)(H,25,29)/t11-/m1/s1. The number of anilines is 1. The van der Waals surface area contributed by atoms with E-state index in [9.17, 15) is 9.59 Å². The molecule has 0 radical (unpaired) electrons. The summed E-state index contributed by atoms with van der Waals surface area (Å²) in [6, 6.07) is 11.2. The Labute approximate surface area is 198 Å². The van der Waals surface area contributed by atoms with Gasteiger partial charge in [0.25, 0.3) is 5.91 Å². The quantitative estimate of drug-likeness (QED) is 0.448. The molecule has 0 aliphatic carbocycles. The third-order valence-corrected chi connectivity index (χ3v) is 6.17. The molecule has 31 heavy (non-hydrogen) atoms. The first-order valence-corrected chi connectivity index (χ1v) is 11.2. The molecular weight excluding hydrogens is 481 g/mol. The van der Waals surface area contributed by atoms with Gasteiger partial charge in [0, 0.05) is 12.1 Å². The van der Waals surface area contributed by atoms with Gasteiger partial charge in [-0.15, -0.1) is 10.2 Å². The molecule has 0 fully saturated rings. The average Bonchev–Trinajstić information content (AvgIpc) is 3.10. The number of halogens is 3. The summed E-state index contributed by atoms with van der Waals surface area (Å²) in [5.41, 5.74) is 0.818. The van der Waals surface area contributed by atoms with E-state index >= 15 is 0 Å². The number of nitrogens with zero attached hydrogens (tertiary/aromatic N) is 3. The summed E-state index contributed by atoms with van der Waals surface area (Å²) >= 11 is 19.3. The minimum Gasteiger partial charge on any atom is -0.342 e. The van der Waals surface area contributed by atoms with E-state index < -0.39 is 6.04 Å². The number of hydrogen-bond donors (Lipinski definition) is 2. The summed E-state index contributed by atoms with van der Waals surface area (Å²) in [4.78, 5) is 24.8. The first-order valence-electron chi connectivity index (χ1n) is 9.08. The SMILES string of the molecule is C[C@@H](NC(=O)c1ccccc1Cl)c1nnc(SCC(=O)Nc2cc(Cl)ccc2Cl)n1C. The number of carbonyl (C=O) groups is 2. The van der Waals surface area contributed by atoms with Gasteiger partial charge in [-0.05, 0) is 37.3 Å². The van der Waals surface area contributed by atoms with Crippen molar-refractivity contribution in [2.75, 3.05) is 11.1 Å². The lowest BCUT2D eigenvalue weighted by Crippen LogP contribution is -2.28. The normalized spacial score (nSPS) is 11.8. The lowest BCUT2D eigenvalue weighted by Gasteiger charge is -2.14. The molecule has 3 aromatic rings. The average molecular weight is 499 g/mol. The fourth-order valence-corrected chi connectivity index (χ4v) is 4.00. The molecule has 3 rings (SSSR count).